The lowest BCUT2D eigenvalue weighted by Gasteiger charge is -2.26. The van der Waals surface area contributed by atoms with Gasteiger partial charge in [0.15, 0.2) is 0 Å². The summed E-state index contributed by atoms with van der Waals surface area (Å²) in [5.41, 5.74) is 3.36. The number of methoxy groups -OCH3 is 2. The van der Waals surface area contributed by atoms with Gasteiger partial charge < -0.3 is 14.4 Å². The van der Waals surface area contributed by atoms with Crippen LogP contribution in [0.25, 0.3) is 0 Å². The summed E-state index contributed by atoms with van der Waals surface area (Å²) in [5, 5.41) is 6.90. The molecule has 1 unspecified atom stereocenters. The van der Waals surface area contributed by atoms with Crippen LogP contribution in [0.5, 0.6) is 11.5 Å². The number of halogens is 1. The van der Waals surface area contributed by atoms with Crippen LogP contribution in [0.15, 0.2) is 77.9 Å². The van der Waals surface area contributed by atoms with Crippen molar-refractivity contribution in [2.24, 2.45) is 5.10 Å². The molecule has 0 spiro atoms. The van der Waals surface area contributed by atoms with E-state index in [9.17, 15) is 4.79 Å². The van der Waals surface area contributed by atoms with Crippen molar-refractivity contribution in [2.45, 2.75) is 12.5 Å². The van der Waals surface area contributed by atoms with Crippen molar-refractivity contribution in [3.05, 3.63) is 88.9 Å². The average Bonchev–Trinajstić information content (AvgIpc) is 3.29. The van der Waals surface area contributed by atoms with Gasteiger partial charge >= 0.3 is 0 Å². The van der Waals surface area contributed by atoms with E-state index in [2.05, 4.69) is 0 Å². The SMILES string of the molecule is COc1ccc(OC)c(C2CC(c3ccccc3Cl)=NN2C(=O)CN(C)c2ccccc2)c1. The predicted octanol–water partition coefficient (Wildman–Crippen LogP) is 5.17. The second-order valence-electron chi connectivity index (χ2n) is 7.78. The lowest BCUT2D eigenvalue weighted by atomic mass is 9.97. The van der Waals surface area contributed by atoms with E-state index in [1.165, 1.54) is 0 Å². The third kappa shape index (κ3) is 4.81. The highest BCUT2D eigenvalue weighted by molar-refractivity contribution is 6.34. The smallest absolute Gasteiger partial charge is 0.262 e. The molecule has 33 heavy (non-hydrogen) atoms. The Morgan fingerprint density at radius 1 is 1.06 bits per heavy atom. The summed E-state index contributed by atoms with van der Waals surface area (Å²) < 4.78 is 11.1. The number of benzene rings is 3. The molecule has 1 aliphatic heterocycles. The fourth-order valence-corrected chi connectivity index (χ4v) is 4.23. The molecule has 0 N–H and O–H groups in total. The molecule has 0 saturated heterocycles. The summed E-state index contributed by atoms with van der Waals surface area (Å²) in [6.45, 7) is 0.173. The first kappa shape index (κ1) is 22.7. The Labute approximate surface area is 199 Å². The minimum absolute atomic E-state index is 0.127. The first-order chi connectivity index (χ1) is 16.0. The summed E-state index contributed by atoms with van der Waals surface area (Å²) in [6.07, 6.45) is 0.508. The van der Waals surface area contributed by atoms with Crippen LogP contribution in [0.3, 0.4) is 0 Å². The van der Waals surface area contributed by atoms with Gasteiger partial charge in [0.1, 0.15) is 11.5 Å². The molecule has 3 aromatic rings. The van der Waals surface area contributed by atoms with Crippen molar-refractivity contribution in [2.75, 3.05) is 32.7 Å². The maximum absolute atomic E-state index is 13.5. The highest BCUT2D eigenvalue weighted by Crippen LogP contribution is 2.40. The Morgan fingerprint density at radius 3 is 2.48 bits per heavy atom. The largest absolute Gasteiger partial charge is 0.497 e. The number of rotatable bonds is 7. The maximum Gasteiger partial charge on any atom is 0.262 e. The zero-order valence-corrected chi connectivity index (χ0v) is 19.6. The van der Waals surface area contributed by atoms with E-state index in [1.807, 2.05) is 84.7 Å². The van der Waals surface area contributed by atoms with Gasteiger partial charge in [0.2, 0.25) is 0 Å². The number of carbonyl (C=O) groups excluding carboxylic acids is 1. The van der Waals surface area contributed by atoms with E-state index in [0.717, 1.165) is 22.5 Å². The number of amides is 1. The van der Waals surface area contributed by atoms with Gasteiger partial charge in [-0.1, -0.05) is 48.0 Å². The van der Waals surface area contributed by atoms with Crippen LogP contribution in [0.4, 0.5) is 5.69 Å². The molecule has 0 aliphatic carbocycles. The van der Waals surface area contributed by atoms with E-state index in [4.69, 9.17) is 26.2 Å². The van der Waals surface area contributed by atoms with Crippen molar-refractivity contribution < 1.29 is 14.3 Å². The number of hydrogen-bond donors (Lipinski definition) is 0. The fourth-order valence-electron chi connectivity index (χ4n) is 3.99. The Hall–Kier alpha value is -3.51. The number of nitrogens with zero attached hydrogens (tertiary/aromatic N) is 3. The first-order valence-corrected chi connectivity index (χ1v) is 11.0. The van der Waals surface area contributed by atoms with Gasteiger partial charge in [0.25, 0.3) is 5.91 Å². The normalized spacial score (nSPS) is 15.2. The Kier molecular flexibility index (Phi) is 6.84. The Morgan fingerprint density at radius 2 is 1.79 bits per heavy atom. The quantitative estimate of drug-likeness (QED) is 0.485. The molecule has 6 nitrogen and oxygen atoms in total. The molecular weight excluding hydrogens is 438 g/mol. The number of anilines is 1. The van der Waals surface area contributed by atoms with Crippen molar-refractivity contribution in [1.29, 1.82) is 0 Å². The predicted molar refractivity (Wildman–Crippen MR) is 131 cm³/mol. The monoisotopic (exact) mass is 463 g/mol. The first-order valence-electron chi connectivity index (χ1n) is 10.6. The van der Waals surface area contributed by atoms with E-state index >= 15 is 0 Å². The Bertz CT molecular complexity index is 1170. The number of hydrazone groups is 1. The van der Waals surface area contributed by atoms with Crippen molar-refractivity contribution in [1.82, 2.24) is 5.01 Å². The molecule has 0 radical (unpaired) electrons. The van der Waals surface area contributed by atoms with Gasteiger partial charge in [-0.3, -0.25) is 4.79 Å². The minimum atomic E-state index is -0.349. The van der Waals surface area contributed by atoms with Crippen molar-refractivity contribution in [3.8, 4) is 11.5 Å². The number of hydrogen-bond acceptors (Lipinski definition) is 5. The summed E-state index contributed by atoms with van der Waals surface area (Å²) in [6, 6.07) is 22.6. The van der Waals surface area contributed by atoms with Crippen molar-refractivity contribution in [3.63, 3.8) is 0 Å². The molecule has 7 heteroatoms. The van der Waals surface area contributed by atoms with Gasteiger partial charge in [-0.2, -0.15) is 5.10 Å². The van der Waals surface area contributed by atoms with E-state index in [0.29, 0.717) is 22.9 Å². The van der Waals surface area contributed by atoms with Crippen LogP contribution in [0.1, 0.15) is 23.6 Å². The maximum atomic E-state index is 13.5. The molecule has 4 rings (SSSR count). The van der Waals surface area contributed by atoms with Crippen LogP contribution in [0.2, 0.25) is 5.02 Å². The zero-order chi connectivity index (χ0) is 23.4. The van der Waals surface area contributed by atoms with Crippen LogP contribution in [-0.2, 0) is 4.79 Å². The molecule has 1 atom stereocenters. The van der Waals surface area contributed by atoms with E-state index in [-0.39, 0.29) is 18.5 Å². The summed E-state index contributed by atoms with van der Waals surface area (Å²) in [4.78, 5) is 15.4. The summed E-state index contributed by atoms with van der Waals surface area (Å²) >= 11 is 6.46. The standard InChI is InChI=1S/C26H26ClN3O3/c1-29(18-9-5-4-6-10-18)17-26(31)30-24(21-15-19(32-2)13-14-25(21)33-3)16-23(28-30)20-11-7-8-12-22(20)27/h4-15,24H,16-17H2,1-3H3. The van der Waals surface area contributed by atoms with Crippen molar-refractivity contribution >= 4 is 28.9 Å². The average molecular weight is 464 g/mol. The molecule has 1 aliphatic rings. The molecule has 3 aromatic carbocycles. The molecule has 170 valence electrons. The second kappa shape index (κ2) is 9.96. The molecule has 1 amide bonds. The highest BCUT2D eigenvalue weighted by atomic mass is 35.5. The van der Waals surface area contributed by atoms with Gasteiger partial charge in [-0.15, -0.1) is 0 Å². The molecule has 0 saturated carbocycles. The van der Waals surface area contributed by atoms with Crippen LogP contribution in [-0.4, -0.2) is 44.4 Å². The van der Waals surface area contributed by atoms with Gasteiger partial charge in [0.05, 0.1) is 32.5 Å². The minimum Gasteiger partial charge on any atom is -0.497 e. The number of likely N-dealkylation sites (N-methyl/N-ethyl adjacent to an activating group) is 1. The fraction of sp³-hybridized carbons (Fsp3) is 0.231. The molecule has 0 bridgehead atoms. The van der Waals surface area contributed by atoms with Gasteiger partial charge in [0, 0.05) is 35.3 Å². The second-order valence-corrected chi connectivity index (χ2v) is 8.19. The molecule has 1 heterocycles. The zero-order valence-electron chi connectivity index (χ0n) is 18.9. The van der Waals surface area contributed by atoms with Gasteiger partial charge in [-0.05, 0) is 36.4 Å². The summed E-state index contributed by atoms with van der Waals surface area (Å²) in [5.74, 6) is 1.23. The number of ether oxygens (including phenoxy) is 2. The van der Waals surface area contributed by atoms with E-state index in [1.54, 1.807) is 19.2 Å². The third-order valence-corrected chi connectivity index (χ3v) is 6.05. The highest BCUT2D eigenvalue weighted by Gasteiger charge is 2.36. The van der Waals surface area contributed by atoms with Crippen LogP contribution in [0, 0.1) is 0 Å². The van der Waals surface area contributed by atoms with Crippen LogP contribution < -0.4 is 14.4 Å². The topological polar surface area (TPSA) is 54.4 Å². The van der Waals surface area contributed by atoms with E-state index < -0.39 is 0 Å². The van der Waals surface area contributed by atoms with Crippen LogP contribution >= 0.6 is 11.6 Å². The number of para-hydroxylation sites is 1. The number of carbonyl (C=O) groups is 1. The molecule has 0 fully saturated rings. The molecule has 0 aromatic heterocycles. The lowest BCUT2D eigenvalue weighted by molar-refractivity contribution is -0.131. The Balaban J connectivity index is 1.71. The lowest BCUT2D eigenvalue weighted by Crippen LogP contribution is -2.36. The molecular formula is C26H26ClN3O3. The van der Waals surface area contributed by atoms with Gasteiger partial charge in [-0.25, -0.2) is 5.01 Å². The summed E-state index contributed by atoms with van der Waals surface area (Å²) in [7, 11) is 5.12. The third-order valence-electron chi connectivity index (χ3n) is 5.72.